The van der Waals surface area contributed by atoms with E-state index in [0.29, 0.717) is 5.69 Å². The van der Waals surface area contributed by atoms with Gasteiger partial charge in [0, 0.05) is 12.7 Å². The molecule has 1 aromatic rings. The number of rotatable bonds is 1. The zero-order valence-electron chi connectivity index (χ0n) is 11.6. The number of carbonyl (C=O) groups excluding carboxylic acids is 2. The summed E-state index contributed by atoms with van der Waals surface area (Å²) >= 11 is 0. The topological polar surface area (TPSA) is 63.4 Å². The van der Waals surface area contributed by atoms with Crippen LogP contribution in [0.25, 0.3) is 0 Å². The third-order valence-corrected chi connectivity index (χ3v) is 2.95. The molecule has 0 heterocycles. The number of benzene rings is 1. The molecule has 0 aliphatic rings. The average molecular weight is 248 g/mol. The number of carbonyl (C=O) groups is 2. The van der Waals surface area contributed by atoms with E-state index in [1.54, 1.807) is 7.05 Å². The molecule has 0 saturated carbocycles. The van der Waals surface area contributed by atoms with Gasteiger partial charge in [0.15, 0.2) is 0 Å². The molecule has 98 valence electrons. The van der Waals surface area contributed by atoms with Crippen LogP contribution in [-0.4, -0.2) is 18.9 Å². The minimum Gasteiger partial charge on any atom is -0.361 e. The lowest BCUT2D eigenvalue weighted by Gasteiger charge is -2.24. The SMILES string of the molecule is Cc1ccc(C(C)(C)C)cc1N(C)C(=O)C(N)=O. The molecule has 0 bridgehead atoms. The molecule has 4 heteroatoms. The molecular weight excluding hydrogens is 228 g/mol. The molecule has 18 heavy (non-hydrogen) atoms. The Kier molecular flexibility index (Phi) is 3.79. The summed E-state index contributed by atoms with van der Waals surface area (Å²) in [7, 11) is 1.56. The lowest BCUT2D eigenvalue weighted by molar-refractivity contribution is -0.135. The molecule has 0 aromatic heterocycles. The third-order valence-electron chi connectivity index (χ3n) is 2.95. The molecule has 2 amide bonds. The molecular formula is C14H20N2O2. The fourth-order valence-corrected chi connectivity index (χ4v) is 1.71. The van der Waals surface area contributed by atoms with Crippen molar-refractivity contribution < 1.29 is 9.59 Å². The lowest BCUT2D eigenvalue weighted by atomic mass is 9.86. The smallest absolute Gasteiger partial charge is 0.315 e. The number of nitrogens with two attached hydrogens (primary N) is 1. The van der Waals surface area contributed by atoms with Crippen LogP contribution in [0.4, 0.5) is 5.69 Å². The van der Waals surface area contributed by atoms with Gasteiger partial charge in [0.25, 0.3) is 0 Å². The summed E-state index contributed by atoms with van der Waals surface area (Å²) in [6.45, 7) is 8.18. The van der Waals surface area contributed by atoms with Crippen LogP contribution in [0.15, 0.2) is 18.2 Å². The highest BCUT2D eigenvalue weighted by molar-refractivity contribution is 6.39. The summed E-state index contributed by atoms with van der Waals surface area (Å²) < 4.78 is 0. The van der Waals surface area contributed by atoms with Gasteiger partial charge >= 0.3 is 11.8 Å². The van der Waals surface area contributed by atoms with Gasteiger partial charge in [0.05, 0.1) is 0 Å². The highest BCUT2D eigenvalue weighted by Crippen LogP contribution is 2.28. The van der Waals surface area contributed by atoms with Gasteiger partial charge < -0.3 is 10.6 Å². The second kappa shape index (κ2) is 4.80. The first-order valence-electron chi connectivity index (χ1n) is 5.83. The van der Waals surface area contributed by atoms with Crippen molar-refractivity contribution >= 4 is 17.5 Å². The molecule has 0 spiro atoms. The van der Waals surface area contributed by atoms with Crippen molar-refractivity contribution in [3.8, 4) is 0 Å². The first-order chi connectivity index (χ1) is 8.14. The van der Waals surface area contributed by atoms with E-state index < -0.39 is 11.8 Å². The van der Waals surface area contributed by atoms with Crippen molar-refractivity contribution in [1.82, 2.24) is 0 Å². The fraction of sp³-hybridized carbons (Fsp3) is 0.429. The Hall–Kier alpha value is -1.84. The molecule has 1 rings (SSSR count). The van der Waals surface area contributed by atoms with Crippen molar-refractivity contribution in [2.24, 2.45) is 5.73 Å². The fourth-order valence-electron chi connectivity index (χ4n) is 1.71. The van der Waals surface area contributed by atoms with E-state index in [4.69, 9.17) is 5.73 Å². The minimum absolute atomic E-state index is 0.0148. The Morgan fingerprint density at radius 3 is 2.22 bits per heavy atom. The average Bonchev–Trinajstić information content (AvgIpc) is 2.26. The normalized spacial score (nSPS) is 11.2. The standard InChI is InChI=1S/C14H20N2O2/c1-9-6-7-10(14(2,3)4)8-11(9)16(5)13(18)12(15)17/h6-8H,1-5H3,(H2,15,17). The molecule has 0 aliphatic carbocycles. The van der Waals surface area contributed by atoms with Crippen LogP contribution >= 0.6 is 0 Å². The first-order valence-corrected chi connectivity index (χ1v) is 5.83. The lowest BCUT2D eigenvalue weighted by Crippen LogP contribution is -2.38. The van der Waals surface area contributed by atoms with E-state index in [1.165, 1.54) is 4.90 Å². The minimum atomic E-state index is -0.946. The maximum atomic E-state index is 11.6. The van der Waals surface area contributed by atoms with Gasteiger partial charge in [0.1, 0.15) is 0 Å². The van der Waals surface area contributed by atoms with Crippen LogP contribution in [-0.2, 0) is 15.0 Å². The largest absolute Gasteiger partial charge is 0.361 e. The van der Waals surface area contributed by atoms with Crippen LogP contribution in [0.2, 0.25) is 0 Å². The number of aryl methyl sites for hydroxylation is 1. The van der Waals surface area contributed by atoms with Crippen LogP contribution in [0.5, 0.6) is 0 Å². The van der Waals surface area contributed by atoms with E-state index in [0.717, 1.165) is 11.1 Å². The number of likely N-dealkylation sites (N-methyl/N-ethyl adjacent to an activating group) is 1. The van der Waals surface area contributed by atoms with E-state index in [2.05, 4.69) is 20.8 Å². The maximum absolute atomic E-state index is 11.6. The Morgan fingerprint density at radius 2 is 1.78 bits per heavy atom. The monoisotopic (exact) mass is 248 g/mol. The Balaban J connectivity index is 3.24. The molecule has 2 N–H and O–H groups in total. The number of anilines is 1. The second-order valence-corrected chi connectivity index (χ2v) is 5.48. The van der Waals surface area contributed by atoms with Crippen LogP contribution in [0, 0.1) is 6.92 Å². The molecule has 0 radical (unpaired) electrons. The molecule has 0 atom stereocenters. The van der Waals surface area contributed by atoms with Crippen molar-refractivity contribution in [2.75, 3.05) is 11.9 Å². The Bertz CT molecular complexity index is 487. The van der Waals surface area contributed by atoms with Crippen molar-refractivity contribution in [3.63, 3.8) is 0 Å². The number of hydrogen-bond acceptors (Lipinski definition) is 2. The zero-order valence-corrected chi connectivity index (χ0v) is 11.6. The zero-order chi connectivity index (χ0) is 14.1. The highest BCUT2D eigenvalue weighted by atomic mass is 16.2. The number of amides is 2. The third kappa shape index (κ3) is 2.88. The summed E-state index contributed by atoms with van der Waals surface area (Å²) in [5, 5.41) is 0. The Labute approximate surface area is 108 Å². The second-order valence-electron chi connectivity index (χ2n) is 5.48. The van der Waals surface area contributed by atoms with E-state index in [-0.39, 0.29) is 5.41 Å². The summed E-state index contributed by atoms with van der Waals surface area (Å²) in [5.41, 5.74) is 7.75. The van der Waals surface area contributed by atoms with Gasteiger partial charge in [-0.05, 0) is 29.5 Å². The quantitative estimate of drug-likeness (QED) is 0.769. The molecule has 0 fully saturated rings. The van der Waals surface area contributed by atoms with Crippen molar-refractivity contribution in [3.05, 3.63) is 29.3 Å². The number of primary amides is 1. The van der Waals surface area contributed by atoms with Gasteiger partial charge in [-0.2, -0.15) is 0 Å². The van der Waals surface area contributed by atoms with Crippen LogP contribution in [0.1, 0.15) is 31.9 Å². The number of hydrogen-bond donors (Lipinski definition) is 1. The molecule has 0 aliphatic heterocycles. The molecule has 1 aromatic carbocycles. The predicted octanol–water partition coefficient (Wildman–Crippen LogP) is 1.74. The van der Waals surface area contributed by atoms with Gasteiger partial charge in [-0.3, -0.25) is 9.59 Å². The van der Waals surface area contributed by atoms with Gasteiger partial charge in [-0.1, -0.05) is 32.9 Å². The summed E-state index contributed by atoms with van der Waals surface area (Å²) in [4.78, 5) is 23.8. The van der Waals surface area contributed by atoms with Crippen LogP contribution in [0.3, 0.4) is 0 Å². The molecule has 4 nitrogen and oxygen atoms in total. The van der Waals surface area contributed by atoms with E-state index >= 15 is 0 Å². The summed E-state index contributed by atoms with van der Waals surface area (Å²) in [6.07, 6.45) is 0. The predicted molar refractivity (Wildman–Crippen MR) is 72.5 cm³/mol. The molecule has 0 unspecified atom stereocenters. The van der Waals surface area contributed by atoms with Crippen molar-refractivity contribution in [1.29, 1.82) is 0 Å². The van der Waals surface area contributed by atoms with Gasteiger partial charge in [-0.15, -0.1) is 0 Å². The van der Waals surface area contributed by atoms with Gasteiger partial charge in [0.2, 0.25) is 0 Å². The Morgan fingerprint density at radius 1 is 1.22 bits per heavy atom. The van der Waals surface area contributed by atoms with Crippen molar-refractivity contribution in [2.45, 2.75) is 33.1 Å². The highest BCUT2D eigenvalue weighted by Gasteiger charge is 2.21. The van der Waals surface area contributed by atoms with Crippen LogP contribution < -0.4 is 10.6 Å². The summed E-state index contributed by atoms with van der Waals surface area (Å²) in [6, 6.07) is 5.90. The first kappa shape index (κ1) is 14.2. The van der Waals surface area contributed by atoms with Gasteiger partial charge in [-0.25, -0.2) is 0 Å². The molecule has 0 saturated heterocycles. The maximum Gasteiger partial charge on any atom is 0.315 e. The summed E-state index contributed by atoms with van der Waals surface area (Å²) in [5.74, 6) is -1.65. The van der Waals surface area contributed by atoms with E-state index in [1.807, 2.05) is 25.1 Å². The number of nitrogens with zero attached hydrogens (tertiary/aromatic N) is 1. The van der Waals surface area contributed by atoms with E-state index in [9.17, 15) is 9.59 Å².